The predicted octanol–water partition coefficient (Wildman–Crippen LogP) is 3.52. The first-order valence-corrected chi connectivity index (χ1v) is 8.19. The Balaban J connectivity index is 1.67. The first kappa shape index (κ1) is 16.3. The number of hydrogen-bond acceptors (Lipinski definition) is 4. The maximum Gasteiger partial charge on any atom is 0.143 e. The van der Waals surface area contributed by atoms with E-state index < -0.39 is 0 Å². The van der Waals surface area contributed by atoms with E-state index in [0.717, 1.165) is 48.0 Å². The van der Waals surface area contributed by atoms with Crippen LogP contribution in [0.2, 0.25) is 0 Å². The van der Waals surface area contributed by atoms with E-state index in [1.165, 1.54) is 0 Å². The fraction of sp³-hybridized carbons (Fsp3) is 0.250. The van der Waals surface area contributed by atoms with Gasteiger partial charge in [-0.3, -0.25) is 9.88 Å². The summed E-state index contributed by atoms with van der Waals surface area (Å²) in [4.78, 5) is 15.9. The van der Waals surface area contributed by atoms with Gasteiger partial charge < -0.3 is 0 Å². The molecule has 0 N–H and O–H groups in total. The Kier molecular flexibility index (Phi) is 5.29. The molecule has 3 rings (SSSR count). The summed E-state index contributed by atoms with van der Waals surface area (Å²) in [6.45, 7) is 3.68. The summed E-state index contributed by atoms with van der Waals surface area (Å²) in [5, 5.41) is 0. The van der Waals surface area contributed by atoms with Gasteiger partial charge in [0.05, 0.1) is 12.2 Å². The zero-order chi connectivity index (χ0) is 16.8. The number of likely N-dealkylation sites (N-methyl/N-ethyl adjacent to an activating group) is 1. The van der Waals surface area contributed by atoms with Crippen molar-refractivity contribution < 1.29 is 0 Å². The molecule has 24 heavy (non-hydrogen) atoms. The highest BCUT2D eigenvalue weighted by Gasteiger charge is 2.08. The van der Waals surface area contributed by atoms with Gasteiger partial charge >= 0.3 is 0 Å². The van der Waals surface area contributed by atoms with Crippen LogP contribution in [0.5, 0.6) is 0 Å². The van der Waals surface area contributed by atoms with Crippen LogP contribution in [0, 0.1) is 6.92 Å². The molecule has 2 aromatic heterocycles. The molecule has 0 amide bonds. The maximum absolute atomic E-state index is 4.73. The molecule has 0 saturated carbocycles. The third-order valence-electron chi connectivity index (χ3n) is 3.86. The van der Waals surface area contributed by atoms with Crippen LogP contribution in [0.25, 0.3) is 11.3 Å². The summed E-state index contributed by atoms with van der Waals surface area (Å²) >= 11 is 0. The third-order valence-corrected chi connectivity index (χ3v) is 3.86. The van der Waals surface area contributed by atoms with Crippen molar-refractivity contribution in [2.75, 3.05) is 13.6 Å². The molecule has 0 aliphatic rings. The average Bonchev–Trinajstić information content (AvgIpc) is 2.61. The van der Waals surface area contributed by atoms with Gasteiger partial charge in [0.1, 0.15) is 5.82 Å². The molecule has 4 nitrogen and oxygen atoms in total. The Morgan fingerprint density at radius 1 is 0.958 bits per heavy atom. The summed E-state index contributed by atoms with van der Waals surface area (Å²) in [7, 11) is 2.09. The van der Waals surface area contributed by atoms with Crippen LogP contribution in [0.4, 0.5) is 0 Å². The number of pyridine rings is 1. The molecule has 0 fully saturated rings. The van der Waals surface area contributed by atoms with Crippen LogP contribution < -0.4 is 0 Å². The van der Waals surface area contributed by atoms with E-state index in [-0.39, 0.29) is 0 Å². The van der Waals surface area contributed by atoms with Gasteiger partial charge in [-0.1, -0.05) is 36.4 Å². The van der Waals surface area contributed by atoms with Crippen molar-refractivity contribution in [2.45, 2.75) is 19.9 Å². The SMILES string of the molecule is Cc1cc(-c2ccccc2)nc(CN(C)CCc2ccccn2)n1. The molecule has 0 aliphatic heterocycles. The Morgan fingerprint density at radius 3 is 2.50 bits per heavy atom. The molecule has 0 atom stereocenters. The monoisotopic (exact) mass is 318 g/mol. The van der Waals surface area contributed by atoms with Crippen molar-refractivity contribution in [3.05, 3.63) is 78.0 Å². The van der Waals surface area contributed by atoms with E-state index in [1.54, 1.807) is 0 Å². The molecule has 3 aromatic rings. The van der Waals surface area contributed by atoms with Gasteiger partial charge in [-0.25, -0.2) is 9.97 Å². The average molecular weight is 318 g/mol. The van der Waals surface area contributed by atoms with Crippen molar-refractivity contribution in [1.29, 1.82) is 0 Å². The molecule has 2 heterocycles. The van der Waals surface area contributed by atoms with Crippen LogP contribution in [-0.4, -0.2) is 33.4 Å². The second-order valence-electron chi connectivity index (χ2n) is 5.99. The quantitative estimate of drug-likeness (QED) is 0.697. The second kappa shape index (κ2) is 7.79. The highest BCUT2D eigenvalue weighted by Crippen LogP contribution is 2.17. The normalized spacial score (nSPS) is 11.0. The highest BCUT2D eigenvalue weighted by molar-refractivity contribution is 5.58. The van der Waals surface area contributed by atoms with Crippen LogP contribution in [0.1, 0.15) is 17.2 Å². The lowest BCUT2D eigenvalue weighted by atomic mass is 10.1. The summed E-state index contributed by atoms with van der Waals surface area (Å²) in [5.74, 6) is 0.859. The first-order valence-electron chi connectivity index (χ1n) is 8.19. The van der Waals surface area contributed by atoms with Gasteiger partial charge in [-0.15, -0.1) is 0 Å². The van der Waals surface area contributed by atoms with Crippen molar-refractivity contribution in [1.82, 2.24) is 19.9 Å². The van der Waals surface area contributed by atoms with Gasteiger partial charge in [0.25, 0.3) is 0 Å². The lowest BCUT2D eigenvalue weighted by Gasteiger charge is -2.16. The van der Waals surface area contributed by atoms with Gasteiger partial charge in [-0.05, 0) is 32.2 Å². The molecule has 0 saturated heterocycles. The lowest BCUT2D eigenvalue weighted by molar-refractivity contribution is 0.321. The molecular formula is C20H22N4. The highest BCUT2D eigenvalue weighted by atomic mass is 15.1. The molecular weight excluding hydrogens is 296 g/mol. The summed E-state index contributed by atoms with van der Waals surface area (Å²) in [5.41, 5.74) is 4.22. The summed E-state index contributed by atoms with van der Waals surface area (Å²) in [6.07, 6.45) is 2.76. The fourth-order valence-corrected chi connectivity index (χ4v) is 2.63. The van der Waals surface area contributed by atoms with E-state index in [9.17, 15) is 0 Å². The van der Waals surface area contributed by atoms with Crippen molar-refractivity contribution >= 4 is 0 Å². The van der Waals surface area contributed by atoms with Crippen LogP contribution in [0.15, 0.2) is 60.8 Å². The molecule has 0 radical (unpaired) electrons. The Morgan fingerprint density at radius 2 is 1.75 bits per heavy atom. The Labute approximate surface area is 143 Å². The minimum absolute atomic E-state index is 0.731. The van der Waals surface area contributed by atoms with Gasteiger partial charge in [0.2, 0.25) is 0 Å². The smallest absolute Gasteiger partial charge is 0.143 e. The number of benzene rings is 1. The molecule has 0 bridgehead atoms. The summed E-state index contributed by atoms with van der Waals surface area (Å²) < 4.78 is 0. The van der Waals surface area contributed by atoms with E-state index in [1.807, 2.05) is 49.5 Å². The van der Waals surface area contributed by atoms with Crippen molar-refractivity contribution in [3.8, 4) is 11.3 Å². The van der Waals surface area contributed by atoms with Crippen LogP contribution in [0.3, 0.4) is 0 Å². The van der Waals surface area contributed by atoms with Gasteiger partial charge in [0.15, 0.2) is 0 Å². The van der Waals surface area contributed by atoms with E-state index in [2.05, 4.69) is 40.1 Å². The minimum atomic E-state index is 0.731. The molecule has 0 spiro atoms. The molecule has 4 heteroatoms. The van der Waals surface area contributed by atoms with E-state index in [0.29, 0.717) is 0 Å². The van der Waals surface area contributed by atoms with Gasteiger partial charge in [0, 0.05) is 36.1 Å². The minimum Gasteiger partial charge on any atom is -0.299 e. The topological polar surface area (TPSA) is 41.9 Å². The van der Waals surface area contributed by atoms with Crippen molar-refractivity contribution in [3.63, 3.8) is 0 Å². The maximum atomic E-state index is 4.73. The number of nitrogens with zero attached hydrogens (tertiary/aromatic N) is 4. The number of aryl methyl sites for hydroxylation is 1. The first-order chi connectivity index (χ1) is 11.7. The molecule has 1 aromatic carbocycles. The summed E-state index contributed by atoms with van der Waals surface area (Å²) in [6, 6.07) is 18.3. The zero-order valence-corrected chi connectivity index (χ0v) is 14.2. The molecule has 122 valence electrons. The predicted molar refractivity (Wildman–Crippen MR) is 96.5 cm³/mol. The third kappa shape index (κ3) is 4.46. The van der Waals surface area contributed by atoms with E-state index >= 15 is 0 Å². The fourth-order valence-electron chi connectivity index (χ4n) is 2.63. The molecule has 0 aliphatic carbocycles. The lowest BCUT2D eigenvalue weighted by Crippen LogP contribution is -2.22. The largest absolute Gasteiger partial charge is 0.299 e. The van der Waals surface area contributed by atoms with Gasteiger partial charge in [-0.2, -0.15) is 0 Å². The number of aromatic nitrogens is 3. The van der Waals surface area contributed by atoms with Crippen molar-refractivity contribution in [2.24, 2.45) is 0 Å². The van der Waals surface area contributed by atoms with Crippen LogP contribution in [-0.2, 0) is 13.0 Å². The standard InChI is InChI=1S/C20H22N4/c1-16-14-19(17-8-4-3-5-9-17)23-20(22-16)15-24(2)13-11-18-10-6-7-12-21-18/h3-10,12,14H,11,13,15H2,1-2H3. The molecule has 0 unspecified atom stereocenters. The second-order valence-corrected chi connectivity index (χ2v) is 5.99. The number of hydrogen-bond donors (Lipinski definition) is 0. The van der Waals surface area contributed by atoms with Crippen LogP contribution >= 0.6 is 0 Å². The Bertz CT molecular complexity index is 772. The number of rotatable bonds is 6. The zero-order valence-electron chi connectivity index (χ0n) is 14.2. The Hall–Kier alpha value is -2.59. The van der Waals surface area contributed by atoms with E-state index in [4.69, 9.17) is 4.98 Å².